The van der Waals surface area contributed by atoms with E-state index in [4.69, 9.17) is 0 Å². The topological polar surface area (TPSA) is 15.3 Å². The molecule has 3 atom stereocenters. The Balaban J connectivity index is 1.74. The van der Waals surface area contributed by atoms with Crippen LogP contribution in [0.25, 0.3) is 0 Å². The number of hydrogen-bond acceptors (Lipinski definition) is 2. The van der Waals surface area contributed by atoms with Crippen molar-refractivity contribution < 1.29 is 0 Å². The molecule has 0 saturated heterocycles. The SMILES string of the molecule is CN(C)CC(C)(C)CNC1CC2CCC1C2. The highest BCUT2D eigenvalue weighted by Gasteiger charge is 2.39. The molecule has 0 spiro atoms. The van der Waals surface area contributed by atoms with E-state index < -0.39 is 0 Å². The van der Waals surface area contributed by atoms with Gasteiger partial charge in [0, 0.05) is 19.1 Å². The molecule has 0 heterocycles. The van der Waals surface area contributed by atoms with Gasteiger partial charge in [0.1, 0.15) is 0 Å². The van der Waals surface area contributed by atoms with Crippen LogP contribution in [0.15, 0.2) is 0 Å². The van der Waals surface area contributed by atoms with Crippen LogP contribution < -0.4 is 5.32 Å². The molecule has 0 aromatic heterocycles. The number of nitrogens with one attached hydrogen (secondary N) is 1. The fourth-order valence-electron chi connectivity index (χ4n) is 3.81. The number of nitrogens with zero attached hydrogens (tertiary/aromatic N) is 1. The molecule has 16 heavy (non-hydrogen) atoms. The highest BCUT2D eigenvalue weighted by molar-refractivity contribution is 4.94. The maximum absolute atomic E-state index is 3.83. The molecule has 0 amide bonds. The van der Waals surface area contributed by atoms with Gasteiger partial charge in [-0.3, -0.25) is 0 Å². The van der Waals surface area contributed by atoms with Gasteiger partial charge in [-0.15, -0.1) is 0 Å². The van der Waals surface area contributed by atoms with Gasteiger partial charge in [0.25, 0.3) is 0 Å². The first kappa shape index (κ1) is 12.4. The van der Waals surface area contributed by atoms with Gasteiger partial charge in [0.05, 0.1) is 0 Å². The van der Waals surface area contributed by atoms with E-state index in [9.17, 15) is 0 Å². The first-order chi connectivity index (χ1) is 7.46. The summed E-state index contributed by atoms with van der Waals surface area (Å²) in [7, 11) is 4.33. The maximum atomic E-state index is 3.83. The van der Waals surface area contributed by atoms with E-state index >= 15 is 0 Å². The van der Waals surface area contributed by atoms with Crippen LogP contribution in [0.1, 0.15) is 39.5 Å². The van der Waals surface area contributed by atoms with Crippen LogP contribution in [0.4, 0.5) is 0 Å². The van der Waals surface area contributed by atoms with Crippen molar-refractivity contribution in [1.29, 1.82) is 0 Å². The molecule has 2 rings (SSSR count). The zero-order chi connectivity index (χ0) is 11.8. The second kappa shape index (κ2) is 4.66. The van der Waals surface area contributed by atoms with Gasteiger partial charge in [-0.05, 0) is 50.6 Å². The van der Waals surface area contributed by atoms with Gasteiger partial charge in [-0.2, -0.15) is 0 Å². The number of rotatable bonds is 5. The van der Waals surface area contributed by atoms with E-state index in [2.05, 4.69) is 38.2 Å². The molecule has 2 aliphatic rings. The van der Waals surface area contributed by atoms with Gasteiger partial charge < -0.3 is 10.2 Å². The van der Waals surface area contributed by atoms with Crippen LogP contribution in [0, 0.1) is 17.3 Å². The van der Waals surface area contributed by atoms with E-state index in [1.807, 2.05) is 0 Å². The summed E-state index contributed by atoms with van der Waals surface area (Å²) < 4.78 is 0. The second-order valence-corrected chi connectivity index (χ2v) is 7.06. The first-order valence-corrected chi connectivity index (χ1v) is 6.84. The standard InChI is InChI=1S/C14H28N2/c1-14(2,10-16(3)4)9-15-13-8-11-5-6-12(13)7-11/h11-13,15H,5-10H2,1-4H3. The molecule has 0 aliphatic heterocycles. The van der Waals surface area contributed by atoms with E-state index in [1.165, 1.54) is 38.8 Å². The molecule has 2 saturated carbocycles. The predicted molar refractivity (Wildman–Crippen MR) is 69.6 cm³/mol. The summed E-state index contributed by atoms with van der Waals surface area (Å²) in [6.45, 7) is 7.07. The predicted octanol–water partition coefficient (Wildman–Crippen LogP) is 2.35. The van der Waals surface area contributed by atoms with Crippen LogP contribution in [0.5, 0.6) is 0 Å². The zero-order valence-electron chi connectivity index (χ0n) is 11.4. The van der Waals surface area contributed by atoms with Crippen LogP contribution in [0.3, 0.4) is 0 Å². The summed E-state index contributed by atoms with van der Waals surface area (Å²) in [4.78, 5) is 2.29. The quantitative estimate of drug-likeness (QED) is 0.771. The molecule has 2 aliphatic carbocycles. The van der Waals surface area contributed by atoms with Crippen molar-refractivity contribution in [1.82, 2.24) is 10.2 Å². The van der Waals surface area contributed by atoms with Crippen LogP contribution in [-0.2, 0) is 0 Å². The molecule has 2 bridgehead atoms. The summed E-state index contributed by atoms with van der Waals surface area (Å²) in [5.41, 5.74) is 0.394. The van der Waals surface area contributed by atoms with E-state index in [-0.39, 0.29) is 0 Å². The zero-order valence-corrected chi connectivity index (χ0v) is 11.4. The molecule has 2 fully saturated rings. The minimum Gasteiger partial charge on any atom is -0.313 e. The summed E-state index contributed by atoms with van der Waals surface area (Å²) in [5, 5.41) is 3.83. The second-order valence-electron chi connectivity index (χ2n) is 7.06. The third-order valence-corrected chi connectivity index (χ3v) is 4.33. The minimum absolute atomic E-state index is 0.394. The fraction of sp³-hybridized carbons (Fsp3) is 1.00. The largest absolute Gasteiger partial charge is 0.313 e. The maximum Gasteiger partial charge on any atom is 0.00983 e. The van der Waals surface area contributed by atoms with Crippen molar-refractivity contribution in [2.75, 3.05) is 27.2 Å². The molecular weight excluding hydrogens is 196 g/mol. The van der Waals surface area contributed by atoms with Gasteiger partial charge in [0.15, 0.2) is 0 Å². The van der Waals surface area contributed by atoms with Crippen molar-refractivity contribution in [2.45, 2.75) is 45.6 Å². The highest BCUT2D eigenvalue weighted by atomic mass is 15.1. The van der Waals surface area contributed by atoms with E-state index in [0.29, 0.717) is 5.41 Å². The third-order valence-electron chi connectivity index (χ3n) is 4.33. The lowest BCUT2D eigenvalue weighted by Crippen LogP contribution is -2.43. The lowest BCUT2D eigenvalue weighted by atomic mass is 9.90. The number of fused-ring (bicyclic) bond motifs is 2. The molecule has 2 heteroatoms. The van der Waals surface area contributed by atoms with Gasteiger partial charge >= 0.3 is 0 Å². The first-order valence-electron chi connectivity index (χ1n) is 6.84. The lowest BCUT2D eigenvalue weighted by Gasteiger charge is -2.32. The van der Waals surface area contributed by atoms with Crippen LogP contribution in [0.2, 0.25) is 0 Å². The van der Waals surface area contributed by atoms with Crippen LogP contribution >= 0.6 is 0 Å². The molecule has 3 unspecified atom stereocenters. The van der Waals surface area contributed by atoms with Crippen molar-refractivity contribution in [3.8, 4) is 0 Å². The van der Waals surface area contributed by atoms with Crippen molar-refractivity contribution >= 4 is 0 Å². The number of hydrogen-bond donors (Lipinski definition) is 1. The van der Waals surface area contributed by atoms with E-state index in [1.54, 1.807) is 0 Å². The summed E-state index contributed by atoms with van der Waals surface area (Å²) in [5.74, 6) is 2.06. The average Bonchev–Trinajstić information content (AvgIpc) is 2.73. The summed E-state index contributed by atoms with van der Waals surface area (Å²) in [6.07, 6.45) is 5.94. The smallest absolute Gasteiger partial charge is 0.00983 e. The normalized spacial score (nSPS) is 33.9. The lowest BCUT2D eigenvalue weighted by molar-refractivity contribution is 0.213. The molecule has 0 radical (unpaired) electrons. The Bertz CT molecular complexity index is 235. The third kappa shape index (κ3) is 2.98. The molecule has 1 N–H and O–H groups in total. The monoisotopic (exact) mass is 224 g/mol. The summed E-state index contributed by atoms with van der Waals surface area (Å²) >= 11 is 0. The Hall–Kier alpha value is -0.0800. The Morgan fingerprint density at radius 3 is 2.44 bits per heavy atom. The van der Waals surface area contributed by atoms with Crippen molar-refractivity contribution in [3.05, 3.63) is 0 Å². The Labute approximate surface area is 101 Å². The van der Waals surface area contributed by atoms with Crippen molar-refractivity contribution in [2.24, 2.45) is 17.3 Å². The van der Waals surface area contributed by atoms with Gasteiger partial charge in [-0.1, -0.05) is 20.3 Å². The average molecular weight is 224 g/mol. The van der Waals surface area contributed by atoms with E-state index in [0.717, 1.165) is 17.9 Å². The summed E-state index contributed by atoms with van der Waals surface area (Å²) in [6, 6.07) is 0.834. The Morgan fingerprint density at radius 2 is 1.94 bits per heavy atom. The van der Waals surface area contributed by atoms with Gasteiger partial charge in [0.2, 0.25) is 0 Å². The molecule has 94 valence electrons. The Kier molecular flexibility index (Phi) is 3.60. The molecule has 2 nitrogen and oxygen atoms in total. The van der Waals surface area contributed by atoms with Crippen molar-refractivity contribution in [3.63, 3.8) is 0 Å². The molecule has 0 aromatic carbocycles. The highest BCUT2D eigenvalue weighted by Crippen LogP contribution is 2.44. The minimum atomic E-state index is 0.394. The molecular formula is C14H28N2. The Morgan fingerprint density at radius 1 is 1.19 bits per heavy atom. The van der Waals surface area contributed by atoms with Gasteiger partial charge in [-0.25, -0.2) is 0 Å². The van der Waals surface area contributed by atoms with Crippen LogP contribution in [-0.4, -0.2) is 38.1 Å². The molecule has 0 aromatic rings. The fourth-order valence-corrected chi connectivity index (χ4v) is 3.81.